The van der Waals surface area contributed by atoms with Gasteiger partial charge < -0.3 is 10.6 Å². The van der Waals surface area contributed by atoms with Gasteiger partial charge in [0.15, 0.2) is 0 Å². The Balaban J connectivity index is 2.22. The van der Waals surface area contributed by atoms with E-state index in [2.05, 4.69) is 36.5 Å². The minimum atomic E-state index is 0.0578. The van der Waals surface area contributed by atoms with Crippen molar-refractivity contribution < 1.29 is 4.79 Å². The third-order valence-electron chi connectivity index (χ3n) is 1.86. The largest absolute Gasteiger partial charge is 0.369 e. The molecule has 1 rings (SSSR count). The van der Waals surface area contributed by atoms with Gasteiger partial charge in [-0.05, 0) is 22.4 Å². The van der Waals surface area contributed by atoms with E-state index in [0.717, 1.165) is 17.6 Å². The Labute approximate surface area is 103 Å². The van der Waals surface area contributed by atoms with Gasteiger partial charge >= 0.3 is 0 Å². The molecule has 0 atom stereocenters. The monoisotopic (exact) mass is 286 g/mol. The fourth-order valence-corrected chi connectivity index (χ4v) is 1.40. The molecule has 0 aliphatic heterocycles. The normalized spacial score (nSPS) is 9.88. The Kier molecular flexibility index (Phi) is 5.77. The van der Waals surface area contributed by atoms with E-state index in [0.29, 0.717) is 18.8 Å². The van der Waals surface area contributed by atoms with Crippen molar-refractivity contribution in [2.75, 3.05) is 18.4 Å². The second-order valence-corrected chi connectivity index (χ2v) is 4.07. The number of amides is 1. The summed E-state index contributed by atoms with van der Waals surface area (Å²) in [7, 11) is 0. The average molecular weight is 287 g/mol. The molecule has 0 unspecified atom stereocenters. The van der Waals surface area contributed by atoms with Crippen molar-refractivity contribution in [3.63, 3.8) is 0 Å². The fourth-order valence-electron chi connectivity index (χ4n) is 1.09. The Morgan fingerprint density at radius 2 is 2.25 bits per heavy atom. The van der Waals surface area contributed by atoms with Gasteiger partial charge in [-0.25, -0.2) is 9.97 Å². The van der Waals surface area contributed by atoms with Crippen LogP contribution < -0.4 is 10.6 Å². The quantitative estimate of drug-likeness (QED) is 0.779. The number of rotatable bonds is 6. The van der Waals surface area contributed by atoms with Crippen LogP contribution in [0.25, 0.3) is 0 Å². The zero-order chi connectivity index (χ0) is 11.8. The summed E-state index contributed by atoms with van der Waals surface area (Å²) in [5.41, 5.74) is 0. The topological polar surface area (TPSA) is 66.9 Å². The lowest BCUT2D eigenvalue weighted by atomic mass is 10.3. The van der Waals surface area contributed by atoms with Gasteiger partial charge in [0.2, 0.25) is 5.91 Å². The molecule has 1 aromatic rings. The summed E-state index contributed by atoms with van der Waals surface area (Å²) in [5.74, 6) is 0.771. The van der Waals surface area contributed by atoms with Gasteiger partial charge in [-0.2, -0.15) is 0 Å². The first-order valence-electron chi connectivity index (χ1n) is 5.20. The lowest BCUT2D eigenvalue weighted by Crippen LogP contribution is -2.25. The fraction of sp³-hybridized carbons (Fsp3) is 0.500. The zero-order valence-electron chi connectivity index (χ0n) is 9.16. The predicted octanol–water partition coefficient (Wildman–Crippen LogP) is 1.57. The second-order valence-electron chi connectivity index (χ2n) is 3.25. The number of halogens is 1. The molecule has 0 spiro atoms. The Hall–Kier alpha value is -1.17. The smallest absolute Gasteiger partial charge is 0.221 e. The number of carbonyl (C=O) groups is 1. The molecular weight excluding hydrogens is 272 g/mol. The average Bonchev–Trinajstić information content (AvgIpc) is 2.26. The van der Waals surface area contributed by atoms with E-state index in [1.165, 1.54) is 6.33 Å². The Bertz CT molecular complexity index is 345. The first-order chi connectivity index (χ1) is 7.72. The molecule has 88 valence electrons. The molecule has 0 saturated carbocycles. The molecule has 1 aromatic heterocycles. The van der Waals surface area contributed by atoms with Crippen LogP contribution in [0.15, 0.2) is 17.0 Å². The van der Waals surface area contributed by atoms with Gasteiger partial charge in [0.25, 0.3) is 0 Å². The van der Waals surface area contributed by atoms with E-state index in [4.69, 9.17) is 0 Å². The van der Waals surface area contributed by atoms with E-state index < -0.39 is 0 Å². The van der Waals surface area contributed by atoms with E-state index in [-0.39, 0.29) is 5.91 Å². The van der Waals surface area contributed by atoms with E-state index in [1.54, 1.807) is 6.07 Å². The molecule has 0 bridgehead atoms. The van der Waals surface area contributed by atoms with Crippen LogP contribution >= 0.6 is 15.9 Å². The van der Waals surface area contributed by atoms with Crippen LogP contribution in [-0.2, 0) is 4.79 Å². The highest BCUT2D eigenvalue weighted by atomic mass is 79.9. The minimum Gasteiger partial charge on any atom is -0.369 e. The summed E-state index contributed by atoms with van der Waals surface area (Å²) in [4.78, 5) is 19.2. The summed E-state index contributed by atoms with van der Waals surface area (Å²) < 4.78 is 0.723. The summed E-state index contributed by atoms with van der Waals surface area (Å²) in [5, 5.41) is 5.86. The SMILES string of the molecule is CCCNC(=O)CCNc1cc(Br)ncn1. The number of hydrogen-bond donors (Lipinski definition) is 2. The van der Waals surface area contributed by atoms with E-state index in [9.17, 15) is 4.79 Å². The molecule has 5 nitrogen and oxygen atoms in total. The van der Waals surface area contributed by atoms with Gasteiger partial charge in [-0.15, -0.1) is 0 Å². The van der Waals surface area contributed by atoms with Gasteiger partial charge in [-0.1, -0.05) is 6.92 Å². The van der Waals surface area contributed by atoms with Crippen molar-refractivity contribution in [3.05, 3.63) is 17.0 Å². The molecule has 0 aromatic carbocycles. The van der Waals surface area contributed by atoms with Crippen LogP contribution in [0.2, 0.25) is 0 Å². The second kappa shape index (κ2) is 7.16. The van der Waals surface area contributed by atoms with E-state index in [1.807, 2.05) is 6.92 Å². The molecule has 0 aliphatic carbocycles. The number of aromatic nitrogens is 2. The van der Waals surface area contributed by atoms with Crippen LogP contribution in [0.5, 0.6) is 0 Å². The van der Waals surface area contributed by atoms with Gasteiger partial charge in [0, 0.05) is 25.6 Å². The van der Waals surface area contributed by atoms with Crippen LogP contribution in [0.1, 0.15) is 19.8 Å². The van der Waals surface area contributed by atoms with Gasteiger partial charge in [0.1, 0.15) is 16.7 Å². The van der Waals surface area contributed by atoms with Crippen LogP contribution in [0, 0.1) is 0 Å². The first kappa shape index (κ1) is 12.9. The maximum absolute atomic E-state index is 11.3. The highest BCUT2D eigenvalue weighted by molar-refractivity contribution is 9.10. The maximum atomic E-state index is 11.3. The predicted molar refractivity (Wildman–Crippen MR) is 66.1 cm³/mol. The molecule has 1 amide bonds. The maximum Gasteiger partial charge on any atom is 0.221 e. The Morgan fingerprint density at radius 3 is 2.94 bits per heavy atom. The lowest BCUT2D eigenvalue weighted by molar-refractivity contribution is -0.120. The van der Waals surface area contributed by atoms with Crippen LogP contribution in [-0.4, -0.2) is 29.0 Å². The highest BCUT2D eigenvalue weighted by Gasteiger charge is 2.00. The third-order valence-corrected chi connectivity index (χ3v) is 2.30. The molecule has 0 fully saturated rings. The molecule has 1 heterocycles. The highest BCUT2D eigenvalue weighted by Crippen LogP contribution is 2.08. The number of nitrogens with one attached hydrogen (secondary N) is 2. The molecule has 16 heavy (non-hydrogen) atoms. The zero-order valence-corrected chi connectivity index (χ0v) is 10.7. The molecular formula is C10H15BrN4O. The van der Waals surface area contributed by atoms with Crippen molar-refractivity contribution in [1.82, 2.24) is 15.3 Å². The van der Waals surface area contributed by atoms with Crippen molar-refractivity contribution in [1.29, 1.82) is 0 Å². The molecule has 2 N–H and O–H groups in total. The number of nitrogens with zero attached hydrogens (tertiary/aromatic N) is 2. The number of carbonyl (C=O) groups excluding carboxylic acids is 1. The van der Waals surface area contributed by atoms with Crippen LogP contribution in [0.3, 0.4) is 0 Å². The number of anilines is 1. The van der Waals surface area contributed by atoms with Crippen LogP contribution in [0.4, 0.5) is 5.82 Å². The number of hydrogen-bond acceptors (Lipinski definition) is 4. The van der Waals surface area contributed by atoms with Gasteiger partial charge in [-0.3, -0.25) is 4.79 Å². The van der Waals surface area contributed by atoms with Crippen molar-refractivity contribution in [2.45, 2.75) is 19.8 Å². The van der Waals surface area contributed by atoms with Crippen molar-refractivity contribution in [3.8, 4) is 0 Å². The van der Waals surface area contributed by atoms with Crippen molar-refractivity contribution >= 4 is 27.7 Å². The van der Waals surface area contributed by atoms with E-state index >= 15 is 0 Å². The molecule has 6 heteroatoms. The van der Waals surface area contributed by atoms with Crippen molar-refractivity contribution in [2.24, 2.45) is 0 Å². The standard InChI is InChI=1S/C10H15BrN4O/c1-2-4-13-10(16)3-5-12-9-6-8(11)14-7-15-9/h6-7H,2-5H2,1H3,(H,13,16)(H,12,14,15). The summed E-state index contributed by atoms with van der Waals surface area (Å²) in [6.07, 6.45) is 2.86. The minimum absolute atomic E-state index is 0.0578. The summed E-state index contributed by atoms with van der Waals surface area (Å²) in [6.45, 7) is 3.33. The molecule has 0 saturated heterocycles. The Morgan fingerprint density at radius 1 is 1.44 bits per heavy atom. The lowest BCUT2D eigenvalue weighted by Gasteiger charge is -2.05. The summed E-state index contributed by atoms with van der Waals surface area (Å²) >= 11 is 3.25. The molecule has 0 aliphatic rings. The summed E-state index contributed by atoms with van der Waals surface area (Å²) in [6, 6.07) is 1.77. The van der Waals surface area contributed by atoms with Gasteiger partial charge in [0.05, 0.1) is 0 Å². The third kappa shape index (κ3) is 5.06. The first-order valence-corrected chi connectivity index (χ1v) is 5.99. The molecule has 0 radical (unpaired) electrons.